The molecule has 0 radical (unpaired) electrons. The van der Waals surface area contributed by atoms with E-state index in [9.17, 15) is 0 Å². The molecule has 0 fully saturated rings. The smallest absolute Gasteiger partial charge is 0.207 e. The topological polar surface area (TPSA) is 25.8 Å². The standard InChI is InChI=1S/C10H3BrCl2N2S/c11-4-1-2-6-5(3-4)7-8(12)14-10(13)15-9(7)16-6/h1-3H. The van der Waals surface area contributed by atoms with Crippen LogP contribution in [0.15, 0.2) is 22.7 Å². The molecule has 6 heteroatoms. The molecule has 0 spiro atoms. The maximum absolute atomic E-state index is 6.09. The summed E-state index contributed by atoms with van der Waals surface area (Å²) in [6.45, 7) is 0. The molecule has 0 saturated carbocycles. The highest BCUT2D eigenvalue weighted by atomic mass is 79.9. The molecule has 0 aliphatic carbocycles. The van der Waals surface area contributed by atoms with E-state index in [0.717, 1.165) is 24.8 Å². The average Bonchev–Trinajstić information content (AvgIpc) is 2.54. The van der Waals surface area contributed by atoms with Gasteiger partial charge >= 0.3 is 0 Å². The zero-order valence-electron chi connectivity index (χ0n) is 7.67. The van der Waals surface area contributed by atoms with Crippen LogP contribution in [0.3, 0.4) is 0 Å². The van der Waals surface area contributed by atoms with Gasteiger partial charge in [-0.2, -0.15) is 0 Å². The maximum Gasteiger partial charge on any atom is 0.225 e. The van der Waals surface area contributed by atoms with Gasteiger partial charge < -0.3 is 0 Å². The average molecular weight is 334 g/mol. The van der Waals surface area contributed by atoms with Gasteiger partial charge in [0.2, 0.25) is 5.28 Å². The molecule has 0 amide bonds. The summed E-state index contributed by atoms with van der Waals surface area (Å²) in [7, 11) is 0. The van der Waals surface area contributed by atoms with Crippen molar-refractivity contribution in [2.75, 3.05) is 0 Å². The van der Waals surface area contributed by atoms with Crippen LogP contribution in [0.25, 0.3) is 20.3 Å². The molecule has 0 N–H and O–H groups in total. The Balaban J connectivity index is 2.57. The SMILES string of the molecule is Clc1nc(Cl)c2c(n1)sc1ccc(Br)cc12. The first-order valence-corrected chi connectivity index (χ1v) is 6.72. The fourth-order valence-corrected chi connectivity index (χ4v) is 3.59. The van der Waals surface area contributed by atoms with Crippen LogP contribution in [0.4, 0.5) is 0 Å². The number of nitrogens with zero attached hydrogens (tertiary/aromatic N) is 2. The molecular weight excluding hydrogens is 331 g/mol. The van der Waals surface area contributed by atoms with E-state index in [0.29, 0.717) is 5.15 Å². The van der Waals surface area contributed by atoms with Crippen molar-refractivity contribution >= 4 is 70.8 Å². The monoisotopic (exact) mass is 332 g/mol. The molecule has 2 heterocycles. The van der Waals surface area contributed by atoms with Crippen molar-refractivity contribution in [1.29, 1.82) is 0 Å². The van der Waals surface area contributed by atoms with Gasteiger partial charge in [0, 0.05) is 14.6 Å². The molecule has 0 saturated heterocycles. The van der Waals surface area contributed by atoms with Crippen molar-refractivity contribution in [2.45, 2.75) is 0 Å². The number of hydrogen-bond acceptors (Lipinski definition) is 3. The van der Waals surface area contributed by atoms with Gasteiger partial charge in [0.1, 0.15) is 9.98 Å². The van der Waals surface area contributed by atoms with Crippen LogP contribution in [0.5, 0.6) is 0 Å². The Labute approximate surface area is 113 Å². The van der Waals surface area contributed by atoms with Crippen molar-refractivity contribution < 1.29 is 0 Å². The van der Waals surface area contributed by atoms with Gasteiger partial charge in [-0.3, -0.25) is 0 Å². The molecule has 3 aromatic rings. The van der Waals surface area contributed by atoms with E-state index < -0.39 is 0 Å². The quantitative estimate of drug-likeness (QED) is 0.431. The Morgan fingerprint density at radius 3 is 2.81 bits per heavy atom. The van der Waals surface area contributed by atoms with Gasteiger partial charge in [0.15, 0.2) is 0 Å². The summed E-state index contributed by atoms with van der Waals surface area (Å²) >= 11 is 16.9. The van der Waals surface area contributed by atoms with Crippen LogP contribution in [-0.4, -0.2) is 9.97 Å². The van der Waals surface area contributed by atoms with Gasteiger partial charge in [-0.25, -0.2) is 9.97 Å². The van der Waals surface area contributed by atoms with Crippen molar-refractivity contribution in [1.82, 2.24) is 9.97 Å². The lowest BCUT2D eigenvalue weighted by Gasteiger charge is -1.95. The molecule has 2 nitrogen and oxygen atoms in total. The summed E-state index contributed by atoms with van der Waals surface area (Å²) in [5.74, 6) is 0. The van der Waals surface area contributed by atoms with Crippen molar-refractivity contribution in [3.63, 3.8) is 0 Å². The number of rotatable bonds is 0. The second-order valence-electron chi connectivity index (χ2n) is 3.21. The van der Waals surface area contributed by atoms with Crippen LogP contribution in [-0.2, 0) is 0 Å². The van der Waals surface area contributed by atoms with E-state index >= 15 is 0 Å². The second-order valence-corrected chi connectivity index (χ2v) is 5.85. The minimum atomic E-state index is 0.183. The summed E-state index contributed by atoms with van der Waals surface area (Å²) in [5, 5.41) is 2.51. The zero-order chi connectivity index (χ0) is 11.3. The third kappa shape index (κ3) is 1.61. The Bertz CT molecular complexity index is 711. The van der Waals surface area contributed by atoms with Gasteiger partial charge in [0.25, 0.3) is 0 Å². The van der Waals surface area contributed by atoms with Crippen molar-refractivity contribution in [2.24, 2.45) is 0 Å². The predicted octanol–water partition coefficient (Wildman–Crippen LogP) is 4.91. The van der Waals surface area contributed by atoms with Gasteiger partial charge in [-0.15, -0.1) is 11.3 Å². The van der Waals surface area contributed by atoms with E-state index in [2.05, 4.69) is 25.9 Å². The molecule has 80 valence electrons. The van der Waals surface area contributed by atoms with E-state index in [1.807, 2.05) is 18.2 Å². The Kier molecular flexibility index (Phi) is 2.55. The normalized spacial score (nSPS) is 11.4. The molecule has 0 aliphatic rings. The lowest BCUT2D eigenvalue weighted by atomic mass is 10.2. The molecule has 0 atom stereocenters. The number of fused-ring (bicyclic) bond motifs is 3. The first-order chi connectivity index (χ1) is 7.65. The summed E-state index contributed by atoms with van der Waals surface area (Å²) in [4.78, 5) is 8.96. The number of halogens is 3. The van der Waals surface area contributed by atoms with E-state index in [1.54, 1.807) is 11.3 Å². The molecule has 0 bridgehead atoms. The Morgan fingerprint density at radius 2 is 2.00 bits per heavy atom. The number of benzene rings is 1. The molecule has 0 aliphatic heterocycles. The lowest BCUT2D eigenvalue weighted by Crippen LogP contribution is -1.82. The largest absolute Gasteiger partial charge is 0.225 e. The minimum absolute atomic E-state index is 0.183. The number of thiophene rings is 1. The number of hydrogen-bond donors (Lipinski definition) is 0. The highest BCUT2D eigenvalue weighted by molar-refractivity contribution is 9.10. The third-order valence-electron chi connectivity index (χ3n) is 2.22. The molecule has 1 aromatic carbocycles. The highest BCUT2D eigenvalue weighted by Gasteiger charge is 2.12. The van der Waals surface area contributed by atoms with Crippen LogP contribution >= 0.6 is 50.5 Å². The predicted molar refractivity (Wildman–Crippen MR) is 72.6 cm³/mol. The third-order valence-corrected chi connectivity index (χ3v) is 4.22. The molecule has 16 heavy (non-hydrogen) atoms. The second kappa shape index (κ2) is 3.81. The van der Waals surface area contributed by atoms with Crippen LogP contribution in [0.1, 0.15) is 0 Å². The fourth-order valence-electron chi connectivity index (χ4n) is 1.58. The van der Waals surface area contributed by atoms with Gasteiger partial charge in [-0.05, 0) is 29.8 Å². The highest BCUT2D eigenvalue weighted by Crippen LogP contribution is 2.37. The minimum Gasteiger partial charge on any atom is -0.207 e. The summed E-state index contributed by atoms with van der Waals surface area (Å²) in [6.07, 6.45) is 0. The Morgan fingerprint density at radius 1 is 1.19 bits per heavy atom. The van der Waals surface area contributed by atoms with Crippen LogP contribution in [0.2, 0.25) is 10.4 Å². The first-order valence-electron chi connectivity index (χ1n) is 4.36. The van der Waals surface area contributed by atoms with Crippen LogP contribution < -0.4 is 0 Å². The summed E-state index contributed by atoms with van der Waals surface area (Å²) in [5.41, 5.74) is 0. The van der Waals surface area contributed by atoms with E-state index in [-0.39, 0.29) is 5.28 Å². The maximum atomic E-state index is 6.09. The van der Waals surface area contributed by atoms with Gasteiger partial charge in [0.05, 0.1) is 5.39 Å². The van der Waals surface area contributed by atoms with Gasteiger partial charge in [-0.1, -0.05) is 27.5 Å². The zero-order valence-corrected chi connectivity index (χ0v) is 11.6. The van der Waals surface area contributed by atoms with Crippen molar-refractivity contribution in [3.8, 4) is 0 Å². The molecular formula is C10H3BrCl2N2S. The van der Waals surface area contributed by atoms with Crippen molar-refractivity contribution in [3.05, 3.63) is 33.1 Å². The van der Waals surface area contributed by atoms with Crippen LogP contribution in [0, 0.1) is 0 Å². The number of aromatic nitrogens is 2. The molecule has 2 aromatic heterocycles. The molecule has 3 rings (SSSR count). The summed E-state index contributed by atoms with van der Waals surface area (Å²) in [6, 6.07) is 6.02. The fraction of sp³-hybridized carbons (Fsp3) is 0. The molecule has 0 unspecified atom stereocenters. The first kappa shape index (κ1) is 10.7. The summed E-state index contributed by atoms with van der Waals surface area (Å²) < 4.78 is 2.13. The van der Waals surface area contributed by atoms with E-state index in [1.165, 1.54) is 0 Å². The van der Waals surface area contributed by atoms with E-state index in [4.69, 9.17) is 23.2 Å². The lowest BCUT2D eigenvalue weighted by molar-refractivity contribution is 1.24. The Hall–Kier alpha value is -0.420.